The van der Waals surface area contributed by atoms with Crippen LogP contribution < -0.4 is 4.74 Å². The molecule has 1 aliphatic carbocycles. The Morgan fingerprint density at radius 1 is 0.926 bits per heavy atom. The van der Waals surface area contributed by atoms with E-state index in [1.807, 2.05) is 47.0 Å². The van der Waals surface area contributed by atoms with Crippen LogP contribution in [0.3, 0.4) is 0 Å². The molecule has 0 spiro atoms. The highest BCUT2D eigenvalue weighted by Gasteiger charge is 2.16. The van der Waals surface area contributed by atoms with Crippen molar-refractivity contribution in [3.05, 3.63) is 54.7 Å². The zero-order chi connectivity index (χ0) is 18.1. The second-order valence-corrected chi connectivity index (χ2v) is 7.29. The van der Waals surface area contributed by atoms with Crippen molar-refractivity contribution in [2.24, 2.45) is 5.92 Å². The number of para-hydroxylation sites is 1. The van der Waals surface area contributed by atoms with Crippen molar-refractivity contribution in [3.8, 4) is 17.3 Å². The van der Waals surface area contributed by atoms with Gasteiger partial charge >= 0.3 is 0 Å². The summed E-state index contributed by atoms with van der Waals surface area (Å²) in [6, 6.07) is 16.1. The number of pyridine rings is 2. The molecule has 1 fully saturated rings. The molecule has 0 bridgehead atoms. The fourth-order valence-corrected chi connectivity index (χ4v) is 3.94. The van der Waals surface area contributed by atoms with E-state index in [0.29, 0.717) is 5.92 Å². The van der Waals surface area contributed by atoms with Gasteiger partial charge in [0.25, 0.3) is 0 Å². The van der Waals surface area contributed by atoms with Crippen LogP contribution in [0.4, 0.5) is 0 Å². The van der Waals surface area contributed by atoms with Crippen LogP contribution in [-0.4, -0.2) is 26.2 Å². The predicted molar refractivity (Wildman–Crippen MR) is 106 cm³/mol. The highest BCUT2D eigenvalue weighted by Crippen LogP contribution is 2.29. The second-order valence-electron chi connectivity index (χ2n) is 7.29. The minimum absolute atomic E-state index is 0.664. The van der Waals surface area contributed by atoms with Crippen molar-refractivity contribution in [1.82, 2.24) is 19.6 Å². The van der Waals surface area contributed by atoms with Crippen LogP contribution in [-0.2, 0) is 0 Å². The fourth-order valence-electron chi connectivity index (χ4n) is 3.94. The van der Waals surface area contributed by atoms with E-state index in [1.165, 1.54) is 32.1 Å². The molecule has 0 aliphatic heterocycles. The molecule has 0 amide bonds. The van der Waals surface area contributed by atoms with Crippen molar-refractivity contribution in [3.63, 3.8) is 0 Å². The molecule has 5 heteroatoms. The van der Waals surface area contributed by atoms with Gasteiger partial charge in [-0.15, -0.1) is 10.2 Å². The lowest BCUT2D eigenvalue weighted by Gasteiger charge is -2.22. The number of benzene rings is 1. The first kappa shape index (κ1) is 16.2. The zero-order valence-electron chi connectivity index (χ0n) is 15.2. The topological polar surface area (TPSA) is 52.3 Å². The van der Waals surface area contributed by atoms with Crippen LogP contribution in [0.15, 0.2) is 54.7 Å². The van der Waals surface area contributed by atoms with Crippen LogP contribution in [0.25, 0.3) is 28.1 Å². The number of hydrogen-bond acceptors (Lipinski definition) is 4. The average molecular weight is 358 g/mol. The smallest absolute Gasteiger partial charge is 0.187 e. The van der Waals surface area contributed by atoms with E-state index in [0.717, 1.165) is 40.4 Å². The minimum atomic E-state index is 0.664. The molecule has 136 valence electrons. The number of rotatable bonds is 4. The second kappa shape index (κ2) is 6.99. The third-order valence-electron chi connectivity index (χ3n) is 5.43. The van der Waals surface area contributed by atoms with Crippen molar-refractivity contribution < 1.29 is 4.74 Å². The molecule has 0 atom stereocenters. The van der Waals surface area contributed by atoms with Gasteiger partial charge in [0.05, 0.1) is 6.61 Å². The molecular weight excluding hydrogens is 336 g/mol. The first-order valence-electron chi connectivity index (χ1n) is 9.71. The van der Waals surface area contributed by atoms with Gasteiger partial charge in [0.1, 0.15) is 17.0 Å². The maximum absolute atomic E-state index is 6.21. The summed E-state index contributed by atoms with van der Waals surface area (Å²) in [5.41, 5.74) is 2.50. The average Bonchev–Trinajstić information content (AvgIpc) is 3.17. The molecule has 1 aliphatic rings. The van der Waals surface area contributed by atoms with Gasteiger partial charge in [-0.3, -0.25) is 4.40 Å². The molecule has 5 nitrogen and oxygen atoms in total. The molecule has 0 radical (unpaired) electrons. The molecule has 1 saturated carbocycles. The quantitative estimate of drug-likeness (QED) is 0.520. The first-order chi connectivity index (χ1) is 13.4. The van der Waals surface area contributed by atoms with E-state index in [4.69, 9.17) is 9.72 Å². The highest BCUT2D eigenvalue weighted by atomic mass is 16.5. The number of hydrogen-bond donors (Lipinski definition) is 0. The third kappa shape index (κ3) is 3.14. The van der Waals surface area contributed by atoms with Crippen molar-refractivity contribution in [2.75, 3.05) is 6.61 Å². The van der Waals surface area contributed by atoms with Gasteiger partial charge in [0, 0.05) is 11.6 Å². The van der Waals surface area contributed by atoms with E-state index in [1.54, 1.807) is 0 Å². The van der Waals surface area contributed by atoms with Gasteiger partial charge in [-0.1, -0.05) is 43.5 Å². The van der Waals surface area contributed by atoms with Crippen LogP contribution >= 0.6 is 0 Å². The lowest BCUT2D eigenvalue weighted by molar-refractivity contribution is 0.210. The molecular formula is C22H22N4O. The molecule has 5 rings (SSSR count). The summed E-state index contributed by atoms with van der Waals surface area (Å²) >= 11 is 0. The van der Waals surface area contributed by atoms with Gasteiger partial charge in [-0.25, -0.2) is 4.98 Å². The Morgan fingerprint density at radius 3 is 2.78 bits per heavy atom. The number of ether oxygens (including phenoxy) is 1. The summed E-state index contributed by atoms with van der Waals surface area (Å²) < 4.78 is 8.17. The zero-order valence-corrected chi connectivity index (χ0v) is 15.2. The van der Waals surface area contributed by atoms with Crippen molar-refractivity contribution >= 4 is 16.6 Å². The Balaban J connectivity index is 1.50. The molecule has 27 heavy (non-hydrogen) atoms. The largest absolute Gasteiger partial charge is 0.491 e. The molecule has 0 N–H and O–H groups in total. The SMILES string of the molecule is c1cc(OCC2CCCCC2)c2nc(-c3nnc4ccccn34)ccc2c1. The molecule has 0 saturated heterocycles. The standard InChI is InChI=1S/C22H22N4O/c1-2-7-16(8-3-1)15-27-19-10-6-9-17-12-13-18(23-21(17)19)22-25-24-20-11-4-5-14-26(20)22/h4-6,9-14,16H,1-3,7-8,15H2. The Kier molecular flexibility index (Phi) is 4.20. The van der Waals surface area contributed by atoms with E-state index in [9.17, 15) is 0 Å². The van der Waals surface area contributed by atoms with E-state index in [-0.39, 0.29) is 0 Å². The van der Waals surface area contributed by atoms with Gasteiger partial charge in [0.15, 0.2) is 11.5 Å². The van der Waals surface area contributed by atoms with Crippen molar-refractivity contribution in [1.29, 1.82) is 0 Å². The molecule has 3 aromatic heterocycles. The Bertz CT molecular complexity index is 1080. The van der Waals surface area contributed by atoms with E-state index < -0.39 is 0 Å². The Hall–Kier alpha value is -2.95. The van der Waals surface area contributed by atoms with Crippen LogP contribution in [0.2, 0.25) is 0 Å². The van der Waals surface area contributed by atoms with E-state index in [2.05, 4.69) is 22.3 Å². The Morgan fingerprint density at radius 2 is 1.85 bits per heavy atom. The summed E-state index contributed by atoms with van der Waals surface area (Å²) in [7, 11) is 0. The van der Waals surface area contributed by atoms with Crippen LogP contribution in [0, 0.1) is 5.92 Å². The van der Waals surface area contributed by atoms with Gasteiger partial charge < -0.3 is 4.74 Å². The van der Waals surface area contributed by atoms with E-state index >= 15 is 0 Å². The first-order valence-corrected chi connectivity index (χ1v) is 9.71. The fraction of sp³-hybridized carbons (Fsp3) is 0.318. The number of nitrogens with zero attached hydrogens (tertiary/aromatic N) is 4. The summed E-state index contributed by atoms with van der Waals surface area (Å²) in [6.45, 7) is 0.777. The third-order valence-corrected chi connectivity index (χ3v) is 5.43. The normalized spacial score (nSPS) is 15.4. The number of fused-ring (bicyclic) bond motifs is 2. The van der Waals surface area contributed by atoms with Crippen LogP contribution in [0.5, 0.6) is 5.75 Å². The van der Waals surface area contributed by atoms with Gasteiger partial charge in [-0.2, -0.15) is 0 Å². The maximum Gasteiger partial charge on any atom is 0.187 e. The summed E-state index contributed by atoms with van der Waals surface area (Å²) in [4.78, 5) is 4.88. The monoisotopic (exact) mass is 358 g/mol. The predicted octanol–water partition coefficient (Wildman–Crippen LogP) is 4.90. The number of aromatic nitrogens is 4. The molecule has 3 heterocycles. The Labute approximate surface area is 158 Å². The highest BCUT2D eigenvalue weighted by molar-refractivity contribution is 5.86. The lowest BCUT2D eigenvalue weighted by atomic mass is 9.90. The van der Waals surface area contributed by atoms with Gasteiger partial charge in [-0.05, 0) is 43.0 Å². The summed E-state index contributed by atoms with van der Waals surface area (Å²) in [5.74, 6) is 2.26. The van der Waals surface area contributed by atoms with Crippen LogP contribution in [0.1, 0.15) is 32.1 Å². The summed E-state index contributed by atoms with van der Waals surface area (Å²) in [6.07, 6.45) is 8.52. The lowest BCUT2D eigenvalue weighted by Crippen LogP contribution is -2.15. The minimum Gasteiger partial charge on any atom is -0.491 e. The molecule has 4 aromatic rings. The molecule has 0 unspecified atom stereocenters. The molecule has 1 aromatic carbocycles. The maximum atomic E-state index is 6.21. The van der Waals surface area contributed by atoms with Gasteiger partial charge in [0.2, 0.25) is 0 Å². The van der Waals surface area contributed by atoms with Crippen molar-refractivity contribution in [2.45, 2.75) is 32.1 Å². The summed E-state index contributed by atoms with van der Waals surface area (Å²) in [5, 5.41) is 9.65.